The van der Waals surface area contributed by atoms with Gasteiger partial charge >= 0.3 is 0 Å². The van der Waals surface area contributed by atoms with E-state index in [0.717, 1.165) is 56.3 Å². The van der Waals surface area contributed by atoms with Gasteiger partial charge in [-0.25, -0.2) is 0 Å². The maximum atomic E-state index is 12.6. The molecule has 2 N–H and O–H groups in total. The maximum Gasteiger partial charge on any atom is 0.250 e. The summed E-state index contributed by atoms with van der Waals surface area (Å²) in [6, 6.07) is 17.4. The van der Waals surface area contributed by atoms with Crippen LogP contribution in [0, 0.1) is 0 Å². The van der Waals surface area contributed by atoms with Crippen LogP contribution in [0.15, 0.2) is 72.9 Å². The fourth-order valence-corrected chi connectivity index (χ4v) is 7.83. The Morgan fingerprint density at radius 3 is 2.82 bits per heavy atom. The van der Waals surface area contributed by atoms with E-state index in [1.807, 2.05) is 11.8 Å². The van der Waals surface area contributed by atoms with Crippen LogP contribution in [0.1, 0.15) is 12.8 Å². The molecule has 38 heavy (non-hydrogen) atoms. The average molecular weight is 551 g/mol. The fraction of sp³-hybridized carbons (Fsp3) is 0.414. The number of anilines is 2. The van der Waals surface area contributed by atoms with Crippen molar-refractivity contribution in [2.24, 2.45) is 0 Å². The summed E-state index contributed by atoms with van der Waals surface area (Å²) in [7, 11) is 1.77. The second-order valence-corrected chi connectivity index (χ2v) is 12.1. The van der Waals surface area contributed by atoms with Crippen LogP contribution in [0.2, 0.25) is 0 Å². The Kier molecular flexibility index (Phi) is 7.99. The van der Waals surface area contributed by atoms with E-state index in [4.69, 9.17) is 9.47 Å². The summed E-state index contributed by atoms with van der Waals surface area (Å²) in [6.07, 6.45) is 2.40. The van der Waals surface area contributed by atoms with Crippen LogP contribution in [-0.2, 0) is 9.47 Å². The zero-order valence-electron chi connectivity index (χ0n) is 21.7. The molecule has 0 bridgehead atoms. The molecule has 0 spiro atoms. The zero-order valence-corrected chi connectivity index (χ0v) is 23.3. The number of piperidine rings is 1. The molecule has 0 radical (unpaired) electrons. The Balaban J connectivity index is 1.21. The maximum absolute atomic E-state index is 12.6. The van der Waals surface area contributed by atoms with Crippen molar-refractivity contribution < 1.29 is 9.47 Å². The monoisotopic (exact) mass is 550 g/mol. The molecule has 3 aliphatic rings. The number of likely N-dealkylation sites (tertiary alicyclic amines) is 1. The molecule has 2 saturated heterocycles. The third-order valence-corrected chi connectivity index (χ3v) is 9.93. The van der Waals surface area contributed by atoms with Gasteiger partial charge in [0.25, 0.3) is 0 Å². The molecule has 1 atom stereocenters. The fourth-order valence-electron chi connectivity index (χ4n) is 5.41. The number of rotatable bonds is 7. The molecule has 4 heterocycles. The van der Waals surface area contributed by atoms with Crippen molar-refractivity contribution in [3.8, 4) is 11.3 Å². The van der Waals surface area contributed by atoms with E-state index < -0.39 is 0 Å². The second-order valence-electron chi connectivity index (χ2n) is 9.99. The van der Waals surface area contributed by atoms with Gasteiger partial charge in [-0.05, 0) is 49.7 Å². The lowest BCUT2D eigenvalue weighted by molar-refractivity contribution is 0.122. The lowest BCUT2D eigenvalue weighted by Gasteiger charge is -2.33. The summed E-state index contributed by atoms with van der Waals surface area (Å²) >= 11 is 3.60. The normalized spacial score (nSPS) is 19.6. The molecule has 200 valence electrons. The summed E-state index contributed by atoms with van der Waals surface area (Å²) in [4.78, 5) is 25.4. The quantitative estimate of drug-likeness (QED) is 0.333. The molecule has 7 nitrogen and oxygen atoms in total. The number of methoxy groups -OCH3 is 1. The van der Waals surface area contributed by atoms with Gasteiger partial charge < -0.3 is 24.7 Å². The summed E-state index contributed by atoms with van der Waals surface area (Å²) in [5.74, 6) is 0. The number of H-pyrrole nitrogens is 1. The lowest BCUT2D eigenvalue weighted by atomic mass is 10.1. The van der Waals surface area contributed by atoms with Gasteiger partial charge in [0.2, 0.25) is 5.56 Å². The first-order valence-corrected chi connectivity index (χ1v) is 15.0. The SMILES string of the molecule is COCCN1CCCC(Nc2ccc3c(c2)Sc2cccc(-c4cc(N5CCOCC5)cc(=O)[nH]4)c2S3)C1. The topological polar surface area (TPSA) is 69.8 Å². The number of hydrogen-bond donors (Lipinski definition) is 2. The molecule has 0 saturated carbocycles. The Morgan fingerprint density at radius 2 is 1.95 bits per heavy atom. The van der Waals surface area contributed by atoms with Gasteiger partial charge in [0, 0.05) is 81.9 Å². The van der Waals surface area contributed by atoms with E-state index in [1.165, 1.54) is 38.1 Å². The summed E-state index contributed by atoms with van der Waals surface area (Å²) in [5.41, 5.74) is 3.99. The highest BCUT2D eigenvalue weighted by Gasteiger charge is 2.24. The van der Waals surface area contributed by atoms with Gasteiger partial charge in [0.15, 0.2) is 0 Å². The number of nitrogens with one attached hydrogen (secondary N) is 2. The zero-order chi connectivity index (χ0) is 25.9. The second kappa shape index (κ2) is 11.8. The molecular weight excluding hydrogens is 516 g/mol. The van der Waals surface area contributed by atoms with Crippen molar-refractivity contribution in [2.45, 2.75) is 38.5 Å². The number of morpholine rings is 1. The first-order chi connectivity index (χ1) is 18.7. The Morgan fingerprint density at radius 1 is 1.05 bits per heavy atom. The van der Waals surface area contributed by atoms with Gasteiger partial charge in [-0.3, -0.25) is 9.69 Å². The van der Waals surface area contributed by atoms with E-state index in [2.05, 4.69) is 62.6 Å². The van der Waals surface area contributed by atoms with Crippen LogP contribution in [0.25, 0.3) is 11.3 Å². The molecule has 1 aromatic heterocycles. The van der Waals surface area contributed by atoms with Gasteiger partial charge in [-0.15, -0.1) is 0 Å². The molecular formula is C29H34N4O3S2. The molecule has 2 fully saturated rings. The molecule has 0 aliphatic carbocycles. The largest absolute Gasteiger partial charge is 0.383 e. The van der Waals surface area contributed by atoms with E-state index in [-0.39, 0.29) is 5.56 Å². The molecule has 3 aromatic rings. The van der Waals surface area contributed by atoms with Gasteiger partial charge in [-0.2, -0.15) is 0 Å². The van der Waals surface area contributed by atoms with Crippen molar-refractivity contribution in [1.82, 2.24) is 9.88 Å². The highest BCUT2D eigenvalue weighted by Crippen LogP contribution is 2.52. The number of hydrogen-bond acceptors (Lipinski definition) is 8. The van der Waals surface area contributed by atoms with E-state index in [0.29, 0.717) is 19.3 Å². The number of pyridine rings is 1. The van der Waals surface area contributed by atoms with E-state index in [1.54, 1.807) is 24.9 Å². The molecule has 1 unspecified atom stereocenters. The van der Waals surface area contributed by atoms with Crippen LogP contribution in [0.3, 0.4) is 0 Å². The average Bonchev–Trinajstić information content (AvgIpc) is 2.95. The number of nitrogens with zero attached hydrogens (tertiary/aromatic N) is 2. The molecule has 2 aromatic carbocycles. The Hall–Kier alpha value is -2.43. The number of ether oxygens (including phenoxy) is 2. The number of benzene rings is 2. The van der Waals surface area contributed by atoms with Crippen LogP contribution < -0.4 is 15.8 Å². The van der Waals surface area contributed by atoms with Crippen LogP contribution in [0.5, 0.6) is 0 Å². The molecule has 3 aliphatic heterocycles. The standard InChI is InChI=1S/C29H34N4O3S2/c1-35-13-10-32-9-3-4-21(19-32)30-20-7-8-25-27(16-20)37-26-6-2-5-23(29(26)38-25)24-17-22(18-28(34)31-24)33-11-14-36-15-12-33/h2,5-8,16-18,21,30H,3-4,9-15,19H2,1H3,(H,31,34). The third kappa shape index (κ3) is 5.77. The highest BCUT2D eigenvalue weighted by atomic mass is 32.2. The predicted octanol–water partition coefficient (Wildman–Crippen LogP) is 5.02. The van der Waals surface area contributed by atoms with Crippen LogP contribution in [-0.4, -0.2) is 75.6 Å². The Bertz CT molecular complexity index is 1340. The van der Waals surface area contributed by atoms with Gasteiger partial charge in [0.05, 0.1) is 25.5 Å². The summed E-state index contributed by atoms with van der Waals surface area (Å²) < 4.78 is 10.8. The van der Waals surface area contributed by atoms with E-state index >= 15 is 0 Å². The van der Waals surface area contributed by atoms with Crippen molar-refractivity contribution >= 4 is 34.9 Å². The minimum Gasteiger partial charge on any atom is -0.383 e. The van der Waals surface area contributed by atoms with E-state index in [9.17, 15) is 4.79 Å². The summed E-state index contributed by atoms with van der Waals surface area (Å²) in [5, 5.41) is 3.78. The van der Waals surface area contributed by atoms with Crippen molar-refractivity contribution in [3.05, 3.63) is 58.9 Å². The first-order valence-electron chi connectivity index (χ1n) is 13.3. The number of fused-ring (bicyclic) bond motifs is 2. The molecule has 0 amide bonds. The molecule has 6 rings (SSSR count). The third-order valence-electron chi connectivity index (χ3n) is 7.34. The smallest absolute Gasteiger partial charge is 0.250 e. The minimum atomic E-state index is -0.0744. The Labute approximate surface area is 232 Å². The lowest BCUT2D eigenvalue weighted by Crippen LogP contribution is -2.43. The van der Waals surface area contributed by atoms with Crippen molar-refractivity contribution in [1.29, 1.82) is 0 Å². The minimum absolute atomic E-state index is 0.0744. The van der Waals surface area contributed by atoms with Crippen molar-refractivity contribution in [2.75, 3.05) is 69.9 Å². The molecule has 9 heteroatoms. The number of aromatic nitrogens is 1. The number of aromatic amines is 1. The highest BCUT2D eigenvalue weighted by molar-refractivity contribution is 8.05. The van der Waals surface area contributed by atoms with Crippen LogP contribution >= 0.6 is 23.5 Å². The van der Waals surface area contributed by atoms with Gasteiger partial charge in [0.1, 0.15) is 0 Å². The van der Waals surface area contributed by atoms with Crippen LogP contribution in [0.4, 0.5) is 11.4 Å². The first kappa shape index (κ1) is 25.8. The summed E-state index contributed by atoms with van der Waals surface area (Å²) in [6.45, 7) is 6.96. The van der Waals surface area contributed by atoms with Gasteiger partial charge in [-0.1, -0.05) is 35.7 Å². The van der Waals surface area contributed by atoms with Crippen molar-refractivity contribution in [3.63, 3.8) is 0 Å². The predicted molar refractivity (Wildman–Crippen MR) is 155 cm³/mol.